The molecule has 102 valence electrons. The number of benzene rings is 3. The van der Waals surface area contributed by atoms with E-state index in [1.54, 1.807) is 7.11 Å². The molecule has 2 heteroatoms. The highest BCUT2D eigenvalue weighted by atomic mass is 16.5. The van der Waals surface area contributed by atoms with Crippen LogP contribution in [0, 0.1) is 0 Å². The van der Waals surface area contributed by atoms with Crippen LogP contribution in [-0.4, -0.2) is 13.2 Å². The Morgan fingerprint density at radius 3 is 2.20 bits per heavy atom. The standard InChI is InChI=1S/C18H18O2/c1-12(2)20-18-16-11-14-7-5-4-6-13(14)10-15(16)8-9-17(18)19-3/h4-12H,1-3H3. The molecule has 0 radical (unpaired) electrons. The molecule has 0 saturated carbocycles. The van der Waals surface area contributed by atoms with E-state index in [2.05, 4.69) is 42.5 Å². The molecule has 0 fully saturated rings. The number of fused-ring (bicyclic) bond motifs is 2. The van der Waals surface area contributed by atoms with Crippen molar-refractivity contribution in [3.63, 3.8) is 0 Å². The number of ether oxygens (including phenoxy) is 2. The fraction of sp³-hybridized carbons (Fsp3) is 0.222. The lowest BCUT2D eigenvalue weighted by Gasteiger charge is -2.16. The van der Waals surface area contributed by atoms with Crippen LogP contribution >= 0.6 is 0 Å². The lowest BCUT2D eigenvalue weighted by molar-refractivity contribution is 0.233. The molecule has 0 unspecified atom stereocenters. The summed E-state index contributed by atoms with van der Waals surface area (Å²) in [5, 5.41) is 4.71. The van der Waals surface area contributed by atoms with E-state index >= 15 is 0 Å². The third kappa shape index (κ3) is 2.18. The smallest absolute Gasteiger partial charge is 0.169 e. The molecule has 3 aromatic carbocycles. The predicted molar refractivity (Wildman–Crippen MR) is 83.8 cm³/mol. The molecule has 0 amide bonds. The van der Waals surface area contributed by atoms with Crippen LogP contribution in [0.5, 0.6) is 11.5 Å². The van der Waals surface area contributed by atoms with E-state index in [1.165, 1.54) is 16.2 Å². The summed E-state index contributed by atoms with van der Waals surface area (Å²) in [6.07, 6.45) is 0.112. The van der Waals surface area contributed by atoms with Gasteiger partial charge in [0.05, 0.1) is 13.2 Å². The van der Waals surface area contributed by atoms with Gasteiger partial charge in [-0.15, -0.1) is 0 Å². The average molecular weight is 266 g/mol. The number of rotatable bonds is 3. The van der Waals surface area contributed by atoms with Gasteiger partial charge in [0.15, 0.2) is 11.5 Å². The van der Waals surface area contributed by atoms with Gasteiger partial charge in [0.25, 0.3) is 0 Å². The number of methoxy groups -OCH3 is 1. The predicted octanol–water partition coefficient (Wildman–Crippen LogP) is 4.79. The Labute approximate surface area is 118 Å². The minimum Gasteiger partial charge on any atom is -0.493 e. The molecule has 0 saturated heterocycles. The molecule has 3 rings (SSSR count). The zero-order valence-electron chi connectivity index (χ0n) is 12.0. The van der Waals surface area contributed by atoms with Crippen LogP contribution < -0.4 is 9.47 Å². The summed E-state index contributed by atoms with van der Waals surface area (Å²) in [6.45, 7) is 4.05. The summed E-state index contributed by atoms with van der Waals surface area (Å²) in [7, 11) is 1.68. The zero-order chi connectivity index (χ0) is 14.1. The first-order valence-corrected chi connectivity index (χ1v) is 6.85. The Morgan fingerprint density at radius 2 is 1.55 bits per heavy atom. The molecule has 3 aromatic rings. The molecule has 0 aliphatic rings. The van der Waals surface area contributed by atoms with Gasteiger partial charge < -0.3 is 9.47 Å². The topological polar surface area (TPSA) is 18.5 Å². The normalized spacial score (nSPS) is 11.2. The summed E-state index contributed by atoms with van der Waals surface area (Å²) in [5.41, 5.74) is 0. The molecule has 0 aliphatic carbocycles. The Morgan fingerprint density at radius 1 is 0.850 bits per heavy atom. The molecule has 2 nitrogen and oxygen atoms in total. The van der Waals surface area contributed by atoms with Crippen LogP contribution in [0.2, 0.25) is 0 Å². The van der Waals surface area contributed by atoms with E-state index in [0.29, 0.717) is 0 Å². The third-order valence-electron chi connectivity index (χ3n) is 3.37. The quantitative estimate of drug-likeness (QED) is 0.635. The second kappa shape index (κ2) is 5.04. The van der Waals surface area contributed by atoms with Crippen molar-refractivity contribution in [1.29, 1.82) is 0 Å². The van der Waals surface area contributed by atoms with Crippen LogP contribution in [-0.2, 0) is 0 Å². The third-order valence-corrected chi connectivity index (χ3v) is 3.37. The monoisotopic (exact) mass is 266 g/mol. The van der Waals surface area contributed by atoms with Gasteiger partial charge in [-0.25, -0.2) is 0 Å². The number of hydrogen-bond acceptors (Lipinski definition) is 2. The van der Waals surface area contributed by atoms with Gasteiger partial charge in [0.2, 0.25) is 0 Å². The van der Waals surface area contributed by atoms with Crippen molar-refractivity contribution in [2.45, 2.75) is 20.0 Å². The fourth-order valence-corrected chi connectivity index (χ4v) is 2.48. The Kier molecular flexibility index (Phi) is 3.23. The minimum atomic E-state index is 0.112. The van der Waals surface area contributed by atoms with Gasteiger partial charge in [-0.3, -0.25) is 0 Å². The van der Waals surface area contributed by atoms with Crippen molar-refractivity contribution in [1.82, 2.24) is 0 Å². The average Bonchev–Trinajstić information content (AvgIpc) is 2.45. The lowest BCUT2D eigenvalue weighted by atomic mass is 10.0. The van der Waals surface area contributed by atoms with Gasteiger partial charge in [-0.05, 0) is 48.2 Å². The van der Waals surface area contributed by atoms with Crippen molar-refractivity contribution in [3.05, 3.63) is 48.5 Å². The molecule has 0 aliphatic heterocycles. The van der Waals surface area contributed by atoms with Crippen LogP contribution in [0.3, 0.4) is 0 Å². The maximum Gasteiger partial charge on any atom is 0.169 e. The molecule has 0 heterocycles. The van der Waals surface area contributed by atoms with Gasteiger partial charge in [0.1, 0.15) is 0 Å². The first-order valence-electron chi connectivity index (χ1n) is 6.85. The second-order valence-corrected chi connectivity index (χ2v) is 5.18. The lowest BCUT2D eigenvalue weighted by Crippen LogP contribution is -2.07. The Bertz CT molecular complexity index is 760. The van der Waals surface area contributed by atoms with E-state index in [1.807, 2.05) is 19.9 Å². The fourth-order valence-electron chi connectivity index (χ4n) is 2.48. The van der Waals surface area contributed by atoms with Crippen LogP contribution in [0.4, 0.5) is 0 Å². The Hall–Kier alpha value is -2.22. The van der Waals surface area contributed by atoms with Gasteiger partial charge >= 0.3 is 0 Å². The first-order chi connectivity index (χ1) is 9.69. The van der Waals surface area contributed by atoms with Crippen molar-refractivity contribution in [2.75, 3.05) is 7.11 Å². The van der Waals surface area contributed by atoms with Crippen LogP contribution in [0.25, 0.3) is 21.5 Å². The minimum absolute atomic E-state index is 0.112. The van der Waals surface area contributed by atoms with Crippen molar-refractivity contribution in [3.8, 4) is 11.5 Å². The summed E-state index contributed by atoms with van der Waals surface area (Å²) in [5.74, 6) is 1.60. The second-order valence-electron chi connectivity index (χ2n) is 5.18. The maximum atomic E-state index is 5.97. The highest BCUT2D eigenvalue weighted by Crippen LogP contribution is 2.38. The first kappa shape index (κ1) is 12.8. The zero-order valence-corrected chi connectivity index (χ0v) is 12.0. The summed E-state index contributed by atoms with van der Waals surface area (Å²) in [6, 6.07) is 16.8. The summed E-state index contributed by atoms with van der Waals surface area (Å²) >= 11 is 0. The van der Waals surface area contributed by atoms with Gasteiger partial charge in [-0.2, -0.15) is 0 Å². The van der Waals surface area contributed by atoms with E-state index in [0.717, 1.165) is 16.9 Å². The van der Waals surface area contributed by atoms with Crippen molar-refractivity contribution >= 4 is 21.5 Å². The molecular weight excluding hydrogens is 248 g/mol. The Balaban J connectivity index is 2.33. The van der Waals surface area contributed by atoms with Crippen LogP contribution in [0.15, 0.2) is 48.5 Å². The van der Waals surface area contributed by atoms with Crippen molar-refractivity contribution in [2.24, 2.45) is 0 Å². The van der Waals surface area contributed by atoms with E-state index in [9.17, 15) is 0 Å². The van der Waals surface area contributed by atoms with E-state index in [-0.39, 0.29) is 6.10 Å². The number of hydrogen-bond donors (Lipinski definition) is 0. The summed E-state index contributed by atoms with van der Waals surface area (Å²) < 4.78 is 11.4. The summed E-state index contributed by atoms with van der Waals surface area (Å²) in [4.78, 5) is 0. The van der Waals surface area contributed by atoms with Crippen LogP contribution in [0.1, 0.15) is 13.8 Å². The van der Waals surface area contributed by atoms with Gasteiger partial charge in [0, 0.05) is 5.39 Å². The SMILES string of the molecule is COc1ccc2cc3ccccc3cc2c1OC(C)C. The largest absolute Gasteiger partial charge is 0.493 e. The maximum absolute atomic E-state index is 5.97. The van der Waals surface area contributed by atoms with E-state index < -0.39 is 0 Å². The van der Waals surface area contributed by atoms with Crippen molar-refractivity contribution < 1.29 is 9.47 Å². The highest BCUT2D eigenvalue weighted by Gasteiger charge is 2.12. The molecule has 0 N–H and O–H groups in total. The highest BCUT2D eigenvalue weighted by molar-refractivity contribution is 6.01. The molecule has 0 spiro atoms. The molecular formula is C18H18O2. The van der Waals surface area contributed by atoms with Gasteiger partial charge in [-0.1, -0.05) is 30.3 Å². The molecule has 0 aromatic heterocycles. The molecule has 20 heavy (non-hydrogen) atoms. The van der Waals surface area contributed by atoms with E-state index in [4.69, 9.17) is 9.47 Å². The molecule has 0 atom stereocenters. The molecule has 0 bridgehead atoms.